The van der Waals surface area contributed by atoms with Crippen LogP contribution in [0.3, 0.4) is 0 Å². The van der Waals surface area contributed by atoms with E-state index in [1.54, 1.807) is 23.7 Å². The number of hydrogen-bond donors (Lipinski definition) is 1. The van der Waals surface area contributed by atoms with E-state index < -0.39 is 0 Å². The molecule has 0 amide bonds. The van der Waals surface area contributed by atoms with Crippen molar-refractivity contribution in [1.82, 2.24) is 4.98 Å². The molecule has 16 heavy (non-hydrogen) atoms. The molecule has 2 heterocycles. The molecule has 0 aliphatic carbocycles. The molecule has 0 radical (unpaired) electrons. The van der Waals surface area contributed by atoms with Crippen LogP contribution in [0.1, 0.15) is 28.5 Å². The number of rotatable bonds is 4. The zero-order valence-electron chi connectivity index (χ0n) is 9.26. The fourth-order valence-corrected chi connectivity index (χ4v) is 2.47. The van der Waals surface area contributed by atoms with Crippen molar-refractivity contribution in [3.05, 3.63) is 52.0 Å². The number of aryl methyl sites for hydroxylation is 2. The number of nitrogens with zero attached hydrogens (tertiary/aromatic N) is 1. The van der Waals surface area contributed by atoms with Gasteiger partial charge in [-0.05, 0) is 48.4 Å². The molecule has 0 saturated carbocycles. The summed E-state index contributed by atoms with van der Waals surface area (Å²) in [5.41, 5.74) is 2.05. The molecule has 2 aromatic heterocycles. The molecular weight excluding hydrogens is 218 g/mol. The van der Waals surface area contributed by atoms with E-state index in [1.807, 2.05) is 19.1 Å². The Labute approximate surface area is 99.6 Å². The summed E-state index contributed by atoms with van der Waals surface area (Å²) in [5.74, 6) is 0. The number of aromatic nitrogens is 1. The van der Waals surface area contributed by atoms with E-state index in [0.29, 0.717) is 0 Å². The Morgan fingerprint density at radius 3 is 3.00 bits per heavy atom. The Balaban J connectivity index is 1.98. The molecule has 0 saturated heterocycles. The Kier molecular flexibility index (Phi) is 3.70. The van der Waals surface area contributed by atoms with Crippen molar-refractivity contribution in [1.29, 1.82) is 0 Å². The van der Waals surface area contributed by atoms with Crippen LogP contribution in [0, 0.1) is 6.92 Å². The molecule has 0 spiro atoms. The fraction of sp³-hybridized carbons (Fsp3) is 0.308. The van der Waals surface area contributed by atoms with Crippen LogP contribution in [-0.4, -0.2) is 10.1 Å². The van der Waals surface area contributed by atoms with Gasteiger partial charge in [-0.3, -0.25) is 4.98 Å². The quantitative estimate of drug-likeness (QED) is 0.880. The van der Waals surface area contributed by atoms with Gasteiger partial charge in [0.05, 0.1) is 6.10 Å². The topological polar surface area (TPSA) is 33.1 Å². The summed E-state index contributed by atoms with van der Waals surface area (Å²) in [4.78, 5) is 5.35. The maximum Gasteiger partial charge on any atom is 0.0797 e. The standard InChI is InChI=1S/C13H15NOS/c1-10-9-14-7-6-12(10)13(15)5-4-11-3-2-8-16-11/h2-3,6-9,13,15H,4-5H2,1H3. The first-order valence-corrected chi connectivity index (χ1v) is 6.26. The number of aliphatic hydroxyl groups is 1. The maximum atomic E-state index is 10.1. The second-order valence-electron chi connectivity index (χ2n) is 3.87. The van der Waals surface area contributed by atoms with Crippen LogP contribution < -0.4 is 0 Å². The van der Waals surface area contributed by atoms with E-state index in [4.69, 9.17) is 0 Å². The van der Waals surface area contributed by atoms with Crippen molar-refractivity contribution in [3.8, 4) is 0 Å². The van der Waals surface area contributed by atoms with Crippen LogP contribution in [0.5, 0.6) is 0 Å². The van der Waals surface area contributed by atoms with Gasteiger partial charge in [0.2, 0.25) is 0 Å². The predicted octanol–water partition coefficient (Wildman–Crippen LogP) is 3.12. The minimum absolute atomic E-state index is 0.384. The molecule has 0 bridgehead atoms. The Hall–Kier alpha value is -1.19. The normalized spacial score (nSPS) is 12.6. The summed E-state index contributed by atoms with van der Waals surface area (Å²) in [6.45, 7) is 1.98. The van der Waals surface area contributed by atoms with Crippen molar-refractivity contribution in [3.63, 3.8) is 0 Å². The highest BCUT2D eigenvalue weighted by molar-refractivity contribution is 7.09. The molecule has 0 aliphatic heterocycles. The van der Waals surface area contributed by atoms with Crippen LogP contribution in [-0.2, 0) is 6.42 Å². The van der Waals surface area contributed by atoms with E-state index >= 15 is 0 Å². The second-order valence-corrected chi connectivity index (χ2v) is 4.90. The van der Waals surface area contributed by atoms with Crippen LogP contribution >= 0.6 is 11.3 Å². The van der Waals surface area contributed by atoms with Gasteiger partial charge in [0.25, 0.3) is 0 Å². The molecule has 0 fully saturated rings. The molecular formula is C13H15NOS. The first-order chi connectivity index (χ1) is 7.77. The number of hydrogen-bond acceptors (Lipinski definition) is 3. The van der Waals surface area contributed by atoms with Crippen molar-refractivity contribution >= 4 is 11.3 Å². The van der Waals surface area contributed by atoms with Crippen LogP contribution in [0.4, 0.5) is 0 Å². The molecule has 2 nitrogen and oxygen atoms in total. The van der Waals surface area contributed by atoms with Gasteiger partial charge in [-0.1, -0.05) is 6.07 Å². The lowest BCUT2D eigenvalue weighted by atomic mass is 10.0. The van der Waals surface area contributed by atoms with Crippen molar-refractivity contribution in [2.75, 3.05) is 0 Å². The second kappa shape index (κ2) is 5.23. The van der Waals surface area contributed by atoms with Crippen LogP contribution in [0.15, 0.2) is 36.0 Å². The Morgan fingerprint density at radius 2 is 2.31 bits per heavy atom. The molecule has 1 N–H and O–H groups in total. The van der Waals surface area contributed by atoms with Crippen molar-refractivity contribution < 1.29 is 5.11 Å². The predicted molar refractivity (Wildman–Crippen MR) is 66.6 cm³/mol. The zero-order chi connectivity index (χ0) is 11.4. The minimum Gasteiger partial charge on any atom is -0.388 e. The first kappa shape index (κ1) is 11.3. The molecule has 2 aromatic rings. The number of pyridine rings is 1. The highest BCUT2D eigenvalue weighted by Crippen LogP contribution is 2.22. The lowest BCUT2D eigenvalue weighted by Crippen LogP contribution is -2.01. The average molecular weight is 233 g/mol. The highest BCUT2D eigenvalue weighted by Gasteiger charge is 2.10. The van der Waals surface area contributed by atoms with Crippen LogP contribution in [0.25, 0.3) is 0 Å². The first-order valence-electron chi connectivity index (χ1n) is 5.38. The Morgan fingerprint density at radius 1 is 1.44 bits per heavy atom. The van der Waals surface area contributed by atoms with Gasteiger partial charge in [-0.2, -0.15) is 0 Å². The SMILES string of the molecule is Cc1cnccc1C(O)CCc1cccs1. The molecule has 0 aliphatic rings. The summed E-state index contributed by atoms with van der Waals surface area (Å²) in [6.07, 6.45) is 4.84. The third-order valence-corrected chi connectivity index (χ3v) is 3.60. The van der Waals surface area contributed by atoms with Crippen LogP contribution in [0.2, 0.25) is 0 Å². The van der Waals surface area contributed by atoms with Gasteiger partial charge < -0.3 is 5.11 Å². The molecule has 2 rings (SSSR count). The highest BCUT2D eigenvalue weighted by atomic mass is 32.1. The van der Waals surface area contributed by atoms with Crippen molar-refractivity contribution in [2.45, 2.75) is 25.9 Å². The maximum absolute atomic E-state index is 10.1. The molecule has 84 valence electrons. The molecule has 0 aromatic carbocycles. The number of thiophene rings is 1. The van der Waals surface area contributed by atoms with Crippen molar-refractivity contribution in [2.24, 2.45) is 0 Å². The lowest BCUT2D eigenvalue weighted by molar-refractivity contribution is 0.167. The largest absolute Gasteiger partial charge is 0.388 e. The van der Waals surface area contributed by atoms with Gasteiger partial charge in [0, 0.05) is 17.3 Å². The van der Waals surface area contributed by atoms with Gasteiger partial charge in [-0.25, -0.2) is 0 Å². The fourth-order valence-electron chi connectivity index (χ4n) is 1.75. The lowest BCUT2D eigenvalue weighted by Gasteiger charge is -2.12. The summed E-state index contributed by atoms with van der Waals surface area (Å²) in [5, 5.41) is 12.1. The molecule has 1 atom stereocenters. The van der Waals surface area contributed by atoms with E-state index in [1.165, 1.54) is 4.88 Å². The summed E-state index contributed by atoms with van der Waals surface area (Å²) >= 11 is 1.74. The number of aliphatic hydroxyl groups excluding tert-OH is 1. The van der Waals surface area contributed by atoms with Gasteiger partial charge in [-0.15, -0.1) is 11.3 Å². The summed E-state index contributed by atoms with van der Waals surface area (Å²) in [7, 11) is 0. The molecule has 3 heteroatoms. The third-order valence-electron chi connectivity index (χ3n) is 2.67. The zero-order valence-corrected chi connectivity index (χ0v) is 10.1. The summed E-state index contributed by atoms with van der Waals surface area (Å²) in [6, 6.07) is 6.05. The van der Waals surface area contributed by atoms with Gasteiger partial charge in [0.1, 0.15) is 0 Å². The summed E-state index contributed by atoms with van der Waals surface area (Å²) < 4.78 is 0. The van der Waals surface area contributed by atoms with E-state index in [2.05, 4.69) is 16.4 Å². The third kappa shape index (κ3) is 2.68. The van der Waals surface area contributed by atoms with E-state index in [0.717, 1.165) is 24.0 Å². The smallest absolute Gasteiger partial charge is 0.0797 e. The monoisotopic (exact) mass is 233 g/mol. The van der Waals surface area contributed by atoms with E-state index in [-0.39, 0.29) is 6.10 Å². The van der Waals surface area contributed by atoms with Gasteiger partial charge >= 0.3 is 0 Å². The Bertz CT molecular complexity index is 439. The van der Waals surface area contributed by atoms with Gasteiger partial charge in [0.15, 0.2) is 0 Å². The molecule has 1 unspecified atom stereocenters. The average Bonchev–Trinajstić information content (AvgIpc) is 2.79. The minimum atomic E-state index is -0.384. The van der Waals surface area contributed by atoms with E-state index in [9.17, 15) is 5.11 Å².